The molecule has 0 aliphatic rings. The van der Waals surface area contributed by atoms with Crippen LogP contribution in [0.4, 0.5) is 0 Å². The molecule has 2 N–H and O–H groups in total. The number of carbonyl (C=O) groups is 1. The van der Waals surface area contributed by atoms with Crippen molar-refractivity contribution in [3.63, 3.8) is 0 Å². The van der Waals surface area contributed by atoms with Gasteiger partial charge in [0.25, 0.3) is 5.91 Å². The minimum atomic E-state index is -0.287. The van der Waals surface area contributed by atoms with E-state index in [0.29, 0.717) is 12.4 Å². The summed E-state index contributed by atoms with van der Waals surface area (Å²) in [5.41, 5.74) is -0.156. The Morgan fingerprint density at radius 1 is 1.45 bits per heavy atom. The molecule has 2 aromatic rings. The molecular formula is C13H19N5OS. The van der Waals surface area contributed by atoms with E-state index in [1.165, 1.54) is 4.88 Å². The van der Waals surface area contributed by atoms with Crippen molar-refractivity contribution in [3.8, 4) is 0 Å². The van der Waals surface area contributed by atoms with Gasteiger partial charge in [0.15, 0.2) is 0 Å². The number of amides is 1. The van der Waals surface area contributed by atoms with E-state index < -0.39 is 0 Å². The Labute approximate surface area is 122 Å². The number of H-pyrrole nitrogens is 1. The second-order valence-corrected chi connectivity index (χ2v) is 6.71. The van der Waals surface area contributed by atoms with E-state index in [1.54, 1.807) is 11.3 Å². The predicted octanol–water partition coefficient (Wildman–Crippen LogP) is 2.05. The van der Waals surface area contributed by atoms with Crippen molar-refractivity contribution in [2.45, 2.75) is 46.1 Å². The van der Waals surface area contributed by atoms with Gasteiger partial charge in [-0.15, -0.1) is 16.4 Å². The molecule has 7 heteroatoms. The van der Waals surface area contributed by atoms with Gasteiger partial charge in [0.1, 0.15) is 10.8 Å². The van der Waals surface area contributed by atoms with Crippen molar-refractivity contribution in [1.82, 2.24) is 25.5 Å². The van der Waals surface area contributed by atoms with Crippen LogP contribution in [0.25, 0.3) is 0 Å². The molecule has 0 aliphatic heterocycles. The monoisotopic (exact) mass is 293 g/mol. The summed E-state index contributed by atoms with van der Waals surface area (Å²) in [6.45, 7) is 8.52. The minimum Gasteiger partial charge on any atom is -0.343 e. The number of carbonyl (C=O) groups excluding carboxylic acids is 1. The fourth-order valence-electron chi connectivity index (χ4n) is 1.53. The van der Waals surface area contributed by atoms with Crippen LogP contribution in [0.5, 0.6) is 0 Å². The maximum atomic E-state index is 12.0. The molecule has 0 aliphatic carbocycles. The highest BCUT2D eigenvalue weighted by Crippen LogP contribution is 2.17. The summed E-state index contributed by atoms with van der Waals surface area (Å²) in [7, 11) is 0. The number of aromatic nitrogens is 4. The van der Waals surface area contributed by atoms with Crippen LogP contribution in [0.15, 0.2) is 6.20 Å². The normalized spacial score (nSPS) is 11.6. The lowest BCUT2D eigenvalue weighted by atomic mass is 9.96. The molecule has 0 fully saturated rings. The number of aryl methyl sites for hydroxylation is 1. The molecule has 0 saturated heterocycles. The lowest BCUT2D eigenvalue weighted by Gasteiger charge is -2.12. The second-order valence-electron chi connectivity index (χ2n) is 5.51. The van der Waals surface area contributed by atoms with E-state index in [2.05, 4.69) is 32.4 Å². The maximum Gasteiger partial charge on any atom is 0.291 e. The van der Waals surface area contributed by atoms with E-state index in [-0.39, 0.29) is 17.1 Å². The lowest BCUT2D eigenvalue weighted by Crippen LogP contribution is -2.24. The Morgan fingerprint density at radius 2 is 2.20 bits per heavy atom. The van der Waals surface area contributed by atoms with Gasteiger partial charge in [-0.2, -0.15) is 0 Å². The molecule has 0 bridgehead atoms. The molecule has 2 heterocycles. The van der Waals surface area contributed by atoms with Crippen molar-refractivity contribution in [2.24, 2.45) is 0 Å². The van der Waals surface area contributed by atoms with Gasteiger partial charge in [0.2, 0.25) is 5.82 Å². The van der Waals surface area contributed by atoms with Gasteiger partial charge >= 0.3 is 0 Å². The molecule has 0 spiro atoms. The first kappa shape index (κ1) is 14.6. The lowest BCUT2D eigenvalue weighted by molar-refractivity contribution is 0.0941. The van der Waals surface area contributed by atoms with Crippen LogP contribution in [0.1, 0.15) is 54.0 Å². The third kappa shape index (κ3) is 3.41. The first-order valence-corrected chi connectivity index (χ1v) is 7.36. The summed E-state index contributed by atoms with van der Waals surface area (Å²) in [5, 5.41) is 10.4. The average molecular weight is 293 g/mol. The van der Waals surface area contributed by atoms with Gasteiger partial charge in [-0.05, 0) is 6.42 Å². The molecule has 0 aromatic carbocycles. The Kier molecular flexibility index (Phi) is 4.17. The summed E-state index contributed by atoms with van der Waals surface area (Å²) in [6, 6.07) is 0. The topological polar surface area (TPSA) is 83.6 Å². The van der Waals surface area contributed by atoms with Crippen LogP contribution >= 0.6 is 11.3 Å². The largest absolute Gasteiger partial charge is 0.343 e. The van der Waals surface area contributed by atoms with Crippen LogP contribution in [0.2, 0.25) is 0 Å². The highest BCUT2D eigenvalue weighted by atomic mass is 32.1. The first-order chi connectivity index (χ1) is 9.40. The maximum absolute atomic E-state index is 12.0. The average Bonchev–Trinajstić information content (AvgIpc) is 3.04. The fourth-order valence-corrected chi connectivity index (χ4v) is 2.33. The van der Waals surface area contributed by atoms with Gasteiger partial charge in [0.05, 0.1) is 6.54 Å². The molecule has 6 nitrogen and oxygen atoms in total. The number of rotatable bonds is 4. The standard InChI is InChI=1S/C13H19N5OS/c1-5-8-6-14-9(20-8)7-15-11(19)10-16-12(18-17-10)13(2,3)4/h6H,5,7H2,1-4H3,(H,15,19)(H,16,17,18). The zero-order chi connectivity index (χ0) is 14.8. The predicted molar refractivity (Wildman–Crippen MR) is 77.7 cm³/mol. The van der Waals surface area contributed by atoms with Crippen molar-refractivity contribution >= 4 is 17.2 Å². The Balaban J connectivity index is 1.96. The Hall–Kier alpha value is -1.76. The highest BCUT2D eigenvalue weighted by molar-refractivity contribution is 7.11. The molecule has 0 saturated carbocycles. The van der Waals surface area contributed by atoms with E-state index in [9.17, 15) is 4.79 Å². The quantitative estimate of drug-likeness (QED) is 0.903. The highest BCUT2D eigenvalue weighted by Gasteiger charge is 2.21. The minimum absolute atomic E-state index is 0.156. The number of hydrogen-bond acceptors (Lipinski definition) is 5. The number of thiazole rings is 1. The summed E-state index contributed by atoms with van der Waals surface area (Å²) >= 11 is 1.61. The Morgan fingerprint density at radius 3 is 2.75 bits per heavy atom. The van der Waals surface area contributed by atoms with Crippen molar-refractivity contribution in [2.75, 3.05) is 0 Å². The first-order valence-electron chi connectivity index (χ1n) is 6.55. The van der Waals surface area contributed by atoms with Crippen molar-refractivity contribution in [1.29, 1.82) is 0 Å². The smallest absolute Gasteiger partial charge is 0.291 e. The summed E-state index contributed by atoms with van der Waals surface area (Å²) in [6.07, 6.45) is 2.80. The van der Waals surface area contributed by atoms with E-state index in [0.717, 1.165) is 11.4 Å². The van der Waals surface area contributed by atoms with E-state index in [1.807, 2.05) is 27.0 Å². The van der Waals surface area contributed by atoms with Crippen LogP contribution < -0.4 is 5.32 Å². The molecule has 2 rings (SSSR count). The number of nitrogens with zero attached hydrogens (tertiary/aromatic N) is 3. The number of hydrogen-bond donors (Lipinski definition) is 2. The van der Waals surface area contributed by atoms with E-state index >= 15 is 0 Å². The fraction of sp³-hybridized carbons (Fsp3) is 0.538. The summed E-state index contributed by atoms with van der Waals surface area (Å²) in [4.78, 5) is 21.6. The number of nitrogens with one attached hydrogen (secondary N) is 2. The molecule has 0 unspecified atom stereocenters. The summed E-state index contributed by atoms with van der Waals surface area (Å²) < 4.78 is 0. The van der Waals surface area contributed by atoms with Crippen LogP contribution in [-0.2, 0) is 18.4 Å². The third-order valence-electron chi connectivity index (χ3n) is 2.75. The molecule has 2 aromatic heterocycles. The van der Waals surface area contributed by atoms with Gasteiger partial charge in [-0.25, -0.2) is 9.97 Å². The summed E-state index contributed by atoms with van der Waals surface area (Å²) in [5.74, 6) is 0.581. The van der Waals surface area contributed by atoms with Crippen LogP contribution in [-0.4, -0.2) is 26.1 Å². The zero-order valence-corrected chi connectivity index (χ0v) is 13.0. The molecule has 20 heavy (non-hydrogen) atoms. The SMILES string of the molecule is CCc1cnc(CNC(=O)c2n[nH]c(C(C)(C)C)n2)s1. The molecule has 0 radical (unpaired) electrons. The number of aromatic amines is 1. The second kappa shape index (κ2) is 5.70. The Bertz CT molecular complexity index is 596. The molecule has 108 valence electrons. The van der Waals surface area contributed by atoms with Gasteiger partial charge in [-0.3, -0.25) is 9.89 Å². The van der Waals surface area contributed by atoms with Crippen molar-refractivity contribution in [3.05, 3.63) is 27.7 Å². The molecule has 1 amide bonds. The van der Waals surface area contributed by atoms with Gasteiger partial charge in [0, 0.05) is 16.5 Å². The van der Waals surface area contributed by atoms with E-state index in [4.69, 9.17) is 0 Å². The molecular weight excluding hydrogens is 274 g/mol. The molecule has 0 atom stereocenters. The van der Waals surface area contributed by atoms with Crippen LogP contribution in [0.3, 0.4) is 0 Å². The van der Waals surface area contributed by atoms with Gasteiger partial charge < -0.3 is 5.32 Å². The van der Waals surface area contributed by atoms with Crippen LogP contribution in [0, 0.1) is 0 Å². The third-order valence-corrected chi connectivity index (χ3v) is 3.89. The van der Waals surface area contributed by atoms with Crippen molar-refractivity contribution < 1.29 is 4.79 Å². The zero-order valence-electron chi connectivity index (χ0n) is 12.1. The van der Waals surface area contributed by atoms with Gasteiger partial charge in [-0.1, -0.05) is 27.7 Å².